The van der Waals surface area contributed by atoms with Crippen LogP contribution in [-0.4, -0.2) is 22.5 Å². The summed E-state index contributed by atoms with van der Waals surface area (Å²) in [5.41, 5.74) is 1.82. The highest BCUT2D eigenvalue weighted by atomic mass is 35.5. The van der Waals surface area contributed by atoms with E-state index in [2.05, 4.69) is 32.0 Å². The largest absolute Gasteiger partial charge is 0.286 e. The van der Waals surface area contributed by atoms with E-state index >= 15 is 0 Å². The summed E-state index contributed by atoms with van der Waals surface area (Å²) in [5, 5.41) is 3.66. The second-order valence-corrected chi connectivity index (χ2v) is 8.80. The number of amidine groups is 1. The monoisotopic (exact) mass is 420 g/mol. The van der Waals surface area contributed by atoms with Crippen molar-refractivity contribution >= 4 is 57.0 Å². The van der Waals surface area contributed by atoms with Gasteiger partial charge in [0.15, 0.2) is 5.17 Å². The van der Waals surface area contributed by atoms with Crippen molar-refractivity contribution in [3.63, 3.8) is 0 Å². The fourth-order valence-electron chi connectivity index (χ4n) is 3.26. The van der Waals surface area contributed by atoms with E-state index in [1.54, 1.807) is 4.90 Å². The van der Waals surface area contributed by atoms with Crippen molar-refractivity contribution in [3.05, 3.63) is 82.2 Å². The number of carbonyl (C=O) groups excluding carboxylic acids is 1. The fourth-order valence-corrected chi connectivity index (χ4v) is 4.39. The van der Waals surface area contributed by atoms with Crippen molar-refractivity contribution in [2.45, 2.75) is 13.8 Å². The van der Waals surface area contributed by atoms with E-state index in [0.29, 0.717) is 27.6 Å². The van der Waals surface area contributed by atoms with Gasteiger partial charge in [0.25, 0.3) is 5.91 Å². The Labute approximate surface area is 180 Å². The third-order valence-corrected chi connectivity index (χ3v) is 5.86. The number of fused-ring (bicyclic) bond motifs is 1. The second kappa shape index (κ2) is 8.44. The van der Waals surface area contributed by atoms with Gasteiger partial charge < -0.3 is 0 Å². The first kappa shape index (κ1) is 19.7. The first-order valence-corrected chi connectivity index (χ1v) is 10.7. The topological polar surface area (TPSA) is 32.7 Å². The predicted octanol–water partition coefficient (Wildman–Crippen LogP) is 6.75. The van der Waals surface area contributed by atoms with Crippen molar-refractivity contribution in [1.29, 1.82) is 0 Å². The van der Waals surface area contributed by atoms with E-state index in [1.807, 2.05) is 54.6 Å². The van der Waals surface area contributed by atoms with Crippen molar-refractivity contribution in [2.24, 2.45) is 10.9 Å². The van der Waals surface area contributed by atoms with Crippen LogP contribution in [0.4, 0.5) is 5.69 Å². The molecule has 3 aromatic rings. The lowest BCUT2D eigenvalue weighted by Crippen LogP contribution is -2.32. The summed E-state index contributed by atoms with van der Waals surface area (Å²) in [6.45, 7) is 4.83. The molecule has 0 saturated carbocycles. The molecule has 0 unspecified atom stereocenters. The van der Waals surface area contributed by atoms with Crippen LogP contribution in [0.3, 0.4) is 0 Å². The number of hydrogen-bond acceptors (Lipinski definition) is 3. The molecule has 1 heterocycles. The summed E-state index contributed by atoms with van der Waals surface area (Å²) in [6, 6.07) is 21.7. The van der Waals surface area contributed by atoms with Crippen molar-refractivity contribution < 1.29 is 4.79 Å². The lowest BCUT2D eigenvalue weighted by Gasteiger charge is -2.17. The van der Waals surface area contributed by atoms with Gasteiger partial charge in [-0.3, -0.25) is 9.69 Å². The lowest BCUT2D eigenvalue weighted by molar-refractivity contribution is -0.122. The molecule has 0 atom stereocenters. The van der Waals surface area contributed by atoms with Crippen LogP contribution in [0.2, 0.25) is 5.02 Å². The number of aliphatic imine (C=N–C) groups is 1. The Bertz CT molecular complexity index is 1110. The molecule has 1 aliphatic heterocycles. The summed E-state index contributed by atoms with van der Waals surface area (Å²) >= 11 is 7.41. The molecule has 5 heteroatoms. The van der Waals surface area contributed by atoms with Crippen LogP contribution >= 0.6 is 23.4 Å². The number of thioether (sulfide) groups is 1. The lowest BCUT2D eigenvalue weighted by atomic mass is 10.0. The van der Waals surface area contributed by atoms with Gasteiger partial charge in [0.05, 0.1) is 10.6 Å². The van der Waals surface area contributed by atoms with Gasteiger partial charge in [0.2, 0.25) is 0 Å². The average Bonchev–Trinajstić information content (AvgIpc) is 2.98. The maximum atomic E-state index is 13.2. The van der Waals surface area contributed by atoms with E-state index in [4.69, 9.17) is 16.6 Å². The molecular weight excluding hydrogens is 400 g/mol. The number of carbonyl (C=O) groups is 1. The molecule has 1 fully saturated rings. The quantitative estimate of drug-likeness (QED) is 0.437. The minimum Gasteiger partial charge on any atom is -0.286 e. The SMILES string of the molecule is CC(C)CN1C(=O)/C(=C/c2cccc3ccccc23)SC1=Nc1ccc(Cl)cc1. The summed E-state index contributed by atoms with van der Waals surface area (Å²) in [6.07, 6.45) is 1.98. The summed E-state index contributed by atoms with van der Waals surface area (Å²) in [4.78, 5) is 20.4. The maximum absolute atomic E-state index is 13.2. The summed E-state index contributed by atoms with van der Waals surface area (Å²) in [7, 11) is 0. The first-order valence-electron chi connectivity index (χ1n) is 9.55. The highest BCUT2D eigenvalue weighted by Gasteiger charge is 2.33. The zero-order valence-corrected chi connectivity index (χ0v) is 17.9. The number of hydrogen-bond donors (Lipinski definition) is 0. The van der Waals surface area contributed by atoms with Crippen LogP contribution in [0.1, 0.15) is 19.4 Å². The Kier molecular flexibility index (Phi) is 5.74. The molecule has 0 N–H and O–H groups in total. The minimum absolute atomic E-state index is 0.00403. The zero-order valence-electron chi connectivity index (χ0n) is 16.3. The van der Waals surface area contributed by atoms with Crippen LogP contribution < -0.4 is 0 Å². The van der Waals surface area contributed by atoms with Crippen LogP contribution in [0.5, 0.6) is 0 Å². The number of amides is 1. The van der Waals surface area contributed by atoms with E-state index in [9.17, 15) is 4.79 Å². The molecule has 0 bridgehead atoms. The van der Waals surface area contributed by atoms with Gasteiger partial charge in [-0.1, -0.05) is 67.9 Å². The van der Waals surface area contributed by atoms with Gasteiger partial charge in [0.1, 0.15) is 0 Å². The maximum Gasteiger partial charge on any atom is 0.266 e. The Morgan fingerprint density at radius 1 is 1.03 bits per heavy atom. The molecule has 146 valence electrons. The fraction of sp³-hybridized carbons (Fsp3) is 0.167. The van der Waals surface area contributed by atoms with E-state index in [1.165, 1.54) is 11.8 Å². The summed E-state index contributed by atoms with van der Waals surface area (Å²) in [5.74, 6) is 0.344. The normalized spacial score (nSPS) is 17.2. The Morgan fingerprint density at radius 3 is 2.52 bits per heavy atom. The van der Waals surface area contributed by atoms with E-state index in [0.717, 1.165) is 22.0 Å². The van der Waals surface area contributed by atoms with Crippen molar-refractivity contribution in [1.82, 2.24) is 4.90 Å². The molecule has 0 aliphatic carbocycles. The van der Waals surface area contributed by atoms with Gasteiger partial charge in [0, 0.05) is 11.6 Å². The molecule has 1 aliphatic rings. The minimum atomic E-state index is 0.00403. The van der Waals surface area contributed by atoms with Gasteiger partial charge in [-0.15, -0.1) is 0 Å². The molecule has 0 radical (unpaired) electrons. The van der Waals surface area contributed by atoms with Gasteiger partial charge >= 0.3 is 0 Å². The van der Waals surface area contributed by atoms with E-state index in [-0.39, 0.29) is 5.91 Å². The number of nitrogens with zero attached hydrogens (tertiary/aromatic N) is 2. The van der Waals surface area contributed by atoms with Crippen molar-refractivity contribution in [3.8, 4) is 0 Å². The second-order valence-electron chi connectivity index (χ2n) is 7.36. The zero-order chi connectivity index (χ0) is 20.4. The van der Waals surface area contributed by atoms with Crippen LogP contribution in [0.15, 0.2) is 76.6 Å². The first-order chi connectivity index (χ1) is 14.0. The van der Waals surface area contributed by atoms with E-state index < -0.39 is 0 Å². The Morgan fingerprint density at radius 2 is 1.76 bits per heavy atom. The molecule has 4 rings (SSSR count). The standard InChI is InChI=1S/C24H21ClN2OS/c1-16(2)15-27-23(28)22(29-24(27)26-20-12-10-19(25)11-13-20)14-18-8-5-7-17-6-3-4-9-21(17)18/h3-14,16H,15H2,1-2H3/b22-14-,26-24?. The molecule has 1 saturated heterocycles. The van der Waals surface area contributed by atoms with Crippen LogP contribution in [0.25, 0.3) is 16.8 Å². The third-order valence-electron chi connectivity index (χ3n) is 4.60. The van der Waals surface area contributed by atoms with Gasteiger partial charge in [-0.05, 0) is 64.4 Å². The molecule has 0 aromatic heterocycles. The van der Waals surface area contributed by atoms with Crippen LogP contribution in [-0.2, 0) is 4.79 Å². The van der Waals surface area contributed by atoms with Gasteiger partial charge in [-0.25, -0.2) is 4.99 Å². The molecule has 3 nitrogen and oxygen atoms in total. The highest BCUT2D eigenvalue weighted by molar-refractivity contribution is 8.18. The molecule has 3 aromatic carbocycles. The highest BCUT2D eigenvalue weighted by Crippen LogP contribution is 2.35. The smallest absolute Gasteiger partial charge is 0.266 e. The Balaban J connectivity index is 1.74. The number of halogens is 1. The van der Waals surface area contributed by atoms with Crippen molar-refractivity contribution in [2.75, 3.05) is 6.54 Å². The average molecular weight is 421 g/mol. The number of benzene rings is 3. The van der Waals surface area contributed by atoms with Crippen LogP contribution in [0, 0.1) is 5.92 Å². The van der Waals surface area contributed by atoms with Gasteiger partial charge in [-0.2, -0.15) is 0 Å². The molecule has 29 heavy (non-hydrogen) atoms. The molecule has 1 amide bonds. The Hall–Kier alpha value is -2.56. The predicted molar refractivity (Wildman–Crippen MR) is 125 cm³/mol. The molecule has 0 spiro atoms. The molecular formula is C24H21ClN2OS. The number of rotatable bonds is 4. The summed E-state index contributed by atoms with van der Waals surface area (Å²) < 4.78 is 0. The third kappa shape index (κ3) is 4.39.